The number of nitrogens with two attached hydrogens (primary N) is 1. The lowest BCUT2D eigenvalue weighted by molar-refractivity contribution is -0.138. The van der Waals surface area contributed by atoms with Crippen LogP contribution in [0, 0.1) is 12.3 Å². The summed E-state index contributed by atoms with van der Waals surface area (Å²) in [6, 6.07) is 8.75. The van der Waals surface area contributed by atoms with Crippen LogP contribution >= 0.6 is 15.9 Å². The van der Waals surface area contributed by atoms with Gasteiger partial charge in [-0.05, 0) is 70.9 Å². The molecule has 0 spiro atoms. The first-order valence-corrected chi connectivity index (χ1v) is 12.8. The molecule has 10 nitrogen and oxygen atoms in total. The van der Waals surface area contributed by atoms with Crippen molar-refractivity contribution in [3.8, 4) is 5.75 Å². The normalized spacial score (nSPS) is 22.3. The van der Waals surface area contributed by atoms with Gasteiger partial charge in [-0.2, -0.15) is 0 Å². The van der Waals surface area contributed by atoms with Gasteiger partial charge in [-0.3, -0.25) is 9.59 Å². The molecule has 1 saturated carbocycles. The Morgan fingerprint density at radius 1 is 1.24 bits per heavy atom. The maximum absolute atomic E-state index is 13.9. The number of likely N-dealkylation sites (tertiary alicyclic amines) is 1. The first kappa shape index (κ1) is 23.7. The first-order valence-electron chi connectivity index (χ1n) is 12.0. The third kappa shape index (κ3) is 3.79. The minimum atomic E-state index is -0.579. The highest BCUT2D eigenvalue weighted by atomic mass is 79.9. The van der Waals surface area contributed by atoms with E-state index in [2.05, 4.69) is 43.1 Å². The van der Waals surface area contributed by atoms with Gasteiger partial charge >= 0.3 is 0 Å². The van der Waals surface area contributed by atoms with Gasteiger partial charge in [0.15, 0.2) is 0 Å². The minimum Gasteiger partial charge on any atom is -0.497 e. The Hall–Kier alpha value is -3.73. The van der Waals surface area contributed by atoms with Gasteiger partial charge in [0, 0.05) is 11.4 Å². The summed E-state index contributed by atoms with van der Waals surface area (Å²) >= 11 is 3.36. The Balaban J connectivity index is 1.35. The van der Waals surface area contributed by atoms with Gasteiger partial charge in [-0.1, -0.05) is 13.0 Å². The molecule has 1 unspecified atom stereocenters. The number of hydrogen-bond donors (Lipinski definition) is 2. The molecule has 4 heterocycles. The smallest absolute Gasteiger partial charge is 0.248 e. The van der Waals surface area contributed by atoms with Crippen LogP contribution in [0.25, 0.3) is 21.9 Å². The van der Waals surface area contributed by atoms with E-state index in [4.69, 9.17) is 10.5 Å². The topological polar surface area (TPSA) is 128 Å². The second-order valence-electron chi connectivity index (χ2n) is 10.1. The number of rotatable bonds is 5. The van der Waals surface area contributed by atoms with Crippen molar-refractivity contribution >= 4 is 61.3 Å². The second kappa shape index (κ2) is 8.41. The van der Waals surface area contributed by atoms with Crippen LogP contribution in [-0.4, -0.2) is 55.4 Å². The second-order valence-corrected chi connectivity index (χ2v) is 10.9. The Labute approximate surface area is 221 Å². The number of nitrogen functional groups attached to an aromatic ring is 1. The molecule has 2 fully saturated rings. The molecule has 1 saturated heterocycles. The summed E-state index contributed by atoms with van der Waals surface area (Å²) in [5.74, 6) is 1.12. The van der Waals surface area contributed by atoms with Crippen molar-refractivity contribution < 1.29 is 14.3 Å². The minimum absolute atomic E-state index is 0.0211. The molecule has 2 aliphatic rings. The van der Waals surface area contributed by atoms with Crippen molar-refractivity contribution in [1.29, 1.82) is 0 Å². The van der Waals surface area contributed by atoms with Crippen LogP contribution < -0.4 is 15.8 Å². The van der Waals surface area contributed by atoms with Crippen molar-refractivity contribution in [3.05, 3.63) is 46.8 Å². The highest BCUT2D eigenvalue weighted by molar-refractivity contribution is 9.10. The number of benzene rings is 1. The predicted molar refractivity (Wildman–Crippen MR) is 143 cm³/mol. The highest BCUT2D eigenvalue weighted by Crippen LogP contribution is 2.59. The zero-order valence-electron chi connectivity index (χ0n) is 20.7. The summed E-state index contributed by atoms with van der Waals surface area (Å²) in [6.45, 7) is 4.04. The van der Waals surface area contributed by atoms with Gasteiger partial charge < -0.3 is 25.3 Å². The molecule has 3 N–H and O–H groups in total. The lowest BCUT2D eigenvalue weighted by Crippen LogP contribution is -2.46. The van der Waals surface area contributed by atoms with Crippen LogP contribution in [0.15, 0.2) is 41.3 Å². The van der Waals surface area contributed by atoms with E-state index in [1.54, 1.807) is 12.0 Å². The number of aryl methyl sites for hydroxylation is 1. The van der Waals surface area contributed by atoms with Gasteiger partial charge in [0.05, 0.1) is 18.0 Å². The van der Waals surface area contributed by atoms with E-state index in [1.165, 1.54) is 6.33 Å². The number of amides is 2. The molecule has 190 valence electrons. The summed E-state index contributed by atoms with van der Waals surface area (Å²) in [4.78, 5) is 42.1. The average Bonchev–Trinajstić information content (AvgIpc) is 3.28. The molecule has 3 atom stereocenters. The number of carbonyl (C=O) groups is 2. The molecule has 37 heavy (non-hydrogen) atoms. The molecule has 3 aromatic heterocycles. The molecule has 4 aromatic rings. The molecule has 6 rings (SSSR count). The molecule has 0 radical (unpaired) electrons. The van der Waals surface area contributed by atoms with E-state index in [1.807, 2.05) is 41.8 Å². The number of anilines is 2. The van der Waals surface area contributed by atoms with Crippen molar-refractivity contribution in [3.63, 3.8) is 0 Å². The molecule has 11 heteroatoms. The number of fused-ring (bicyclic) bond motifs is 4. The van der Waals surface area contributed by atoms with E-state index in [9.17, 15) is 9.59 Å². The van der Waals surface area contributed by atoms with Crippen molar-refractivity contribution in [2.75, 3.05) is 18.2 Å². The van der Waals surface area contributed by atoms with Gasteiger partial charge in [0.1, 0.15) is 46.5 Å². The number of halogens is 1. The van der Waals surface area contributed by atoms with Crippen LogP contribution in [-0.2, 0) is 16.1 Å². The Morgan fingerprint density at radius 2 is 2.05 bits per heavy atom. The van der Waals surface area contributed by atoms with Crippen LogP contribution in [0.2, 0.25) is 0 Å². The monoisotopic (exact) mass is 563 g/mol. The molecule has 1 aliphatic carbocycles. The zero-order chi connectivity index (χ0) is 26.1. The summed E-state index contributed by atoms with van der Waals surface area (Å²) < 4.78 is 7.88. The van der Waals surface area contributed by atoms with E-state index in [0.717, 1.165) is 22.9 Å². The fourth-order valence-electron chi connectivity index (χ4n) is 5.61. The maximum Gasteiger partial charge on any atom is 0.248 e. The molecular formula is C26H26BrN7O3. The van der Waals surface area contributed by atoms with Crippen LogP contribution in [0.3, 0.4) is 0 Å². The number of pyridine rings is 1. The largest absolute Gasteiger partial charge is 0.497 e. The van der Waals surface area contributed by atoms with E-state index >= 15 is 0 Å². The number of methoxy groups -OCH3 is 1. The van der Waals surface area contributed by atoms with Crippen LogP contribution in [0.4, 0.5) is 11.6 Å². The average molecular weight is 564 g/mol. The van der Waals surface area contributed by atoms with Gasteiger partial charge in [0.2, 0.25) is 11.8 Å². The Kier molecular flexibility index (Phi) is 5.37. The quantitative estimate of drug-likeness (QED) is 0.354. The lowest BCUT2D eigenvalue weighted by Gasteiger charge is -2.27. The van der Waals surface area contributed by atoms with E-state index in [-0.39, 0.29) is 29.8 Å². The summed E-state index contributed by atoms with van der Waals surface area (Å²) in [5.41, 5.74) is 8.37. The number of hydrogen-bond acceptors (Lipinski definition) is 7. The van der Waals surface area contributed by atoms with E-state index in [0.29, 0.717) is 39.4 Å². The number of piperidine rings is 1. The molecule has 1 aromatic carbocycles. The number of nitrogens with zero attached hydrogens (tertiary/aromatic N) is 5. The third-order valence-corrected chi connectivity index (χ3v) is 8.14. The molecule has 0 bridgehead atoms. The lowest BCUT2D eigenvalue weighted by atomic mass is 10.0. The fourth-order valence-corrected chi connectivity index (χ4v) is 5.92. The fraction of sp³-hybridized carbons (Fsp3) is 0.346. The first-order chi connectivity index (χ1) is 17.7. The standard InChI is InChI=1S/C26H26BrN7O3/c1-13-4-7-19(27)31-23(13)32-25(36)17-9-26(2)10-18(26)34(17)20(35)11-33-16-6-5-14(37-3)8-15(16)21-22(28)29-12-30-24(21)33/h4-8,12,17-18H,9-11H2,1-3H3,(H2,28,29,30)(H,31,32,36)/t17-,18?,26-/m0/s1. The number of carbonyl (C=O) groups excluding carboxylic acids is 2. The molecule has 1 aliphatic heterocycles. The summed E-state index contributed by atoms with van der Waals surface area (Å²) in [5, 5.41) is 4.42. The van der Waals surface area contributed by atoms with Crippen molar-refractivity contribution in [2.45, 2.75) is 45.3 Å². The van der Waals surface area contributed by atoms with E-state index < -0.39 is 6.04 Å². The molecule has 2 amide bonds. The van der Waals surface area contributed by atoms with Gasteiger partial charge in [0.25, 0.3) is 0 Å². The van der Waals surface area contributed by atoms with Gasteiger partial charge in [-0.25, -0.2) is 15.0 Å². The van der Waals surface area contributed by atoms with Crippen molar-refractivity contribution in [1.82, 2.24) is 24.4 Å². The summed E-state index contributed by atoms with van der Waals surface area (Å²) in [7, 11) is 1.60. The van der Waals surface area contributed by atoms with Crippen LogP contribution in [0.1, 0.15) is 25.3 Å². The van der Waals surface area contributed by atoms with Crippen molar-refractivity contribution in [2.24, 2.45) is 5.41 Å². The Bertz CT molecular complexity index is 1600. The SMILES string of the molecule is COc1ccc2c(c1)c1c(N)ncnc1n2CC(=O)N1C2C[C@]2(C)C[C@H]1C(=O)Nc1nc(Br)ccc1C. The Morgan fingerprint density at radius 3 is 2.84 bits per heavy atom. The number of ether oxygens (including phenoxy) is 1. The predicted octanol–water partition coefficient (Wildman–Crippen LogP) is 3.66. The number of aromatic nitrogens is 4. The molecular weight excluding hydrogens is 538 g/mol. The van der Waals surface area contributed by atoms with Gasteiger partial charge in [-0.15, -0.1) is 0 Å². The maximum atomic E-state index is 13.9. The zero-order valence-corrected chi connectivity index (χ0v) is 22.2. The third-order valence-electron chi connectivity index (χ3n) is 7.70. The highest BCUT2D eigenvalue weighted by Gasteiger charge is 2.64. The number of nitrogens with one attached hydrogen (secondary N) is 1. The summed E-state index contributed by atoms with van der Waals surface area (Å²) in [6.07, 6.45) is 2.89. The van der Waals surface area contributed by atoms with Crippen LogP contribution in [0.5, 0.6) is 5.75 Å².